The van der Waals surface area contributed by atoms with E-state index in [0.717, 1.165) is 9.86 Å². The van der Waals surface area contributed by atoms with Gasteiger partial charge in [0.05, 0.1) is 0 Å². The van der Waals surface area contributed by atoms with Crippen molar-refractivity contribution in [3.05, 3.63) is 34.5 Å². The van der Waals surface area contributed by atoms with Crippen molar-refractivity contribution in [2.24, 2.45) is 0 Å². The van der Waals surface area contributed by atoms with Crippen LogP contribution in [0.4, 0.5) is 0 Å². The summed E-state index contributed by atoms with van der Waals surface area (Å²) in [4.78, 5) is 11.7. The van der Waals surface area contributed by atoms with Crippen LogP contribution in [0.1, 0.15) is 17.0 Å². The van der Waals surface area contributed by atoms with Crippen LogP contribution in [0.3, 0.4) is 0 Å². The van der Waals surface area contributed by atoms with E-state index in [4.69, 9.17) is 9.52 Å². The Hall–Kier alpha value is -1.33. The van der Waals surface area contributed by atoms with Gasteiger partial charge in [0.25, 0.3) is 5.91 Å². The SMILES string of the molecule is O=C(NCCCO)c1cc2cc(Br)ccc2o1. The average molecular weight is 298 g/mol. The van der Waals surface area contributed by atoms with E-state index in [2.05, 4.69) is 21.2 Å². The Bertz CT molecular complexity index is 536. The van der Waals surface area contributed by atoms with E-state index in [0.29, 0.717) is 18.5 Å². The van der Waals surface area contributed by atoms with Crippen LogP contribution in [0.25, 0.3) is 11.0 Å². The number of rotatable bonds is 4. The summed E-state index contributed by atoms with van der Waals surface area (Å²) in [6.07, 6.45) is 0.539. The van der Waals surface area contributed by atoms with Gasteiger partial charge in [0.1, 0.15) is 5.58 Å². The van der Waals surface area contributed by atoms with Crippen molar-refractivity contribution in [3.63, 3.8) is 0 Å². The Balaban J connectivity index is 2.15. The van der Waals surface area contributed by atoms with Gasteiger partial charge in [0.15, 0.2) is 5.76 Å². The number of furan rings is 1. The lowest BCUT2D eigenvalue weighted by atomic mass is 10.2. The highest BCUT2D eigenvalue weighted by Crippen LogP contribution is 2.23. The molecule has 1 amide bonds. The van der Waals surface area contributed by atoms with Crippen LogP contribution in [-0.2, 0) is 0 Å². The molecule has 1 heterocycles. The molecule has 2 N–H and O–H groups in total. The predicted molar refractivity (Wildman–Crippen MR) is 68.0 cm³/mol. The highest BCUT2D eigenvalue weighted by atomic mass is 79.9. The molecule has 90 valence electrons. The second-order valence-corrected chi connectivity index (χ2v) is 4.54. The van der Waals surface area contributed by atoms with E-state index in [-0.39, 0.29) is 18.3 Å². The summed E-state index contributed by atoms with van der Waals surface area (Å²) in [5.74, 6) is 0.0295. The molecule has 0 aliphatic rings. The molecule has 1 aromatic heterocycles. The molecule has 0 fully saturated rings. The highest BCUT2D eigenvalue weighted by molar-refractivity contribution is 9.10. The van der Waals surface area contributed by atoms with Crippen LogP contribution in [0.5, 0.6) is 0 Å². The third kappa shape index (κ3) is 2.87. The monoisotopic (exact) mass is 297 g/mol. The fourth-order valence-electron chi connectivity index (χ4n) is 1.49. The number of hydrogen-bond donors (Lipinski definition) is 2. The quantitative estimate of drug-likeness (QED) is 0.851. The molecule has 0 radical (unpaired) electrons. The maximum absolute atomic E-state index is 11.7. The van der Waals surface area contributed by atoms with Crippen LogP contribution in [0.2, 0.25) is 0 Å². The van der Waals surface area contributed by atoms with Gasteiger partial charge in [0, 0.05) is 23.0 Å². The van der Waals surface area contributed by atoms with E-state index in [9.17, 15) is 4.79 Å². The number of amides is 1. The predicted octanol–water partition coefficient (Wildman–Crippen LogP) is 2.31. The number of hydrogen-bond acceptors (Lipinski definition) is 3. The summed E-state index contributed by atoms with van der Waals surface area (Å²) in [5, 5.41) is 12.2. The number of nitrogens with one attached hydrogen (secondary N) is 1. The summed E-state index contributed by atoms with van der Waals surface area (Å²) >= 11 is 3.36. The molecule has 4 nitrogen and oxygen atoms in total. The van der Waals surface area contributed by atoms with E-state index in [1.807, 2.05) is 18.2 Å². The Morgan fingerprint density at radius 1 is 1.41 bits per heavy atom. The summed E-state index contributed by atoms with van der Waals surface area (Å²) in [6, 6.07) is 7.26. The first kappa shape index (κ1) is 12.1. The summed E-state index contributed by atoms with van der Waals surface area (Å²) in [6.45, 7) is 0.503. The maximum atomic E-state index is 11.7. The summed E-state index contributed by atoms with van der Waals surface area (Å²) in [5.41, 5.74) is 0.681. The van der Waals surface area contributed by atoms with E-state index in [1.54, 1.807) is 6.07 Å². The largest absolute Gasteiger partial charge is 0.451 e. The third-order valence-corrected chi connectivity index (χ3v) is 2.82. The number of halogens is 1. The van der Waals surface area contributed by atoms with Crippen molar-refractivity contribution in [1.82, 2.24) is 5.32 Å². The molecule has 0 saturated carbocycles. The van der Waals surface area contributed by atoms with E-state index >= 15 is 0 Å². The molecule has 0 saturated heterocycles. The van der Waals surface area contributed by atoms with Crippen molar-refractivity contribution >= 4 is 32.8 Å². The molecule has 2 rings (SSSR count). The van der Waals surface area contributed by atoms with Gasteiger partial charge in [-0.1, -0.05) is 15.9 Å². The van der Waals surface area contributed by atoms with Crippen LogP contribution < -0.4 is 5.32 Å². The van der Waals surface area contributed by atoms with Crippen LogP contribution in [0.15, 0.2) is 33.2 Å². The Labute approximate surface area is 107 Å². The van der Waals surface area contributed by atoms with E-state index < -0.39 is 0 Å². The number of carbonyl (C=O) groups excluding carboxylic acids is 1. The second kappa shape index (κ2) is 5.33. The number of fused-ring (bicyclic) bond motifs is 1. The first-order valence-corrected chi connectivity index (χ1v) is 6.08. The maximum Gasteiger partial charge on any atom is 0.287 e. The average Bonchev–Trinajstić information content (AvgIpc) is 2.72. The third-order valence-electron chi connectivity index (χ3n) is 2.32. The second-order valence-electron chi connectivity index (χ2n) is 3.63. The van der Waals surface area contributed by atoms with Gasteiger partial charge in [-0.15, -0.1) is 0 Å². The molecule has 0 atom stereocenters. The summed E-state index contributed by atoms with van der Waals surface area (Å²) in [7, 11) is 0. The minimum atomic E-state index is -0.259. The summed E-state index contributed by atoms with van der Waals surface area (Å²) < 4.78 is 6.36. The number of benzene rings is 1. The van der Waals surface area contributed by atoms with Crippen molar-refractivity contribution in [2.45, 2.75) is 6.42 Å². The van der Waals surface area contributed by atoms with Crippen LogP contribution in [0, 0.1) is 0 Å². The van der Waals surface area contributed by atoms with Gasteiger partial charge < -0.3 is 14.8 Å². The smallest absolute Gasteiger partial charge is 0.287 e. The standard InChI is InChI=1S/C12H12BrNO3/c13-9-2-3-10-8(6-9)7-11(17-10)12(16)14-4-1-5-15/h2-3,6-7,15H,1,4-5H2,(H,14,16). The molecule has 0 aliphatic carbocycles. The normalized spacial score (nSPS) is 10.7. The van der Waals surface area contributed by atoms with Gasteiger partial charge in [-0.05, 0) is 30.7 Å². The number of carbonyl (C=O) groups is 1. The zero-order chi connectivity index (χ0) is 12.3. The zero-order valence-electron chi connectivity index (χ0n) is 9.07. The molecule has 2 aromatic rings. The molecule has 0 aliphatic heterocycles. The molecular weight excluding hydrogens is 286 g/mol. The van der Waals surface area contributed by atoms with E-state index in [1.165, 1.54) is 0 Å². The number of aliphatic hydroxyl groups is 1. The van der Waals surface area contributed by atoms with Crippen molar-refractivity contribution in [3.8, 4) is 0 Å². The number of aliphatic hydroxyl groups excluding tert-OH is 1. The molecular formula is C12H12BrNO3. The van der Waals surface area contributed by atoms with Gasteiger partial charge in [-0.3, -0.25) is 4.79 Å². The minimum absolute atomic E-state index is 0.0629. The lowest BCUT2D eigenvalue weighted by Gasteiger charge is -1.99. The topological polar surface area (TPSA) is 62.5 Å². The van der Waals surface area contributed by atoms with Crippen molar-refractivity contribution in [1.29, 1.82) is 0 Å². The first-order chi connectivity index (χ1) is 8.20. The lowest BCUT2D eigenvalue weighted by Crippen LogP contribution is -2.24. The fourth-order valence-corrected chi connectivity index (χ4v) is 1.87. The Kier molecular flexibility index (Phi) is 3.81. The van der Waals surface area contributed by atoms with Crippen molar-refractivity contribution in [2.75, 3.05) is 13.2 Å². The van der Waals surface area contributed by atoms with Gasteiger partial charge >= 0.3 is 0 Å². The van der Waals surface area contributed by atoms with Crippen molar-refractivity contribution < 1.29 is 14.3 Å². The van der Waals surface area contributed by atoms with Crippen LogP contribution >= 0.6 is 15.9 Å². The first-order valence-electron chi connectivity index (χ1n) is 5.29. The molecule has 0 unspecified atom stereocenters. The van der Waals surface area contributed by atoms with Crippen LogP contribution in [-0.4, -0.2) is 24.2 Å². The molecule has 17 heavy (non-hydrogen) atoms. The molecule has 0 bridgehead atoms. The Morgan fingerprint density at radius 2 is 2.24 bits per heavy atom. The van der Waals surface area contributed by atoms with Gasteiger partial charge in [-0.2, -0.15) is 0 Å². The van der Waals surface area contributed by atoms with Gasteiger partial charge in [0.2, 0.25) is 0 Å². The molecule has 0 spiro atoms. The molecule has 1 aromatic carbocycles. The lowest BCUT2D eigenvalue weighted by molar-refractivity contribution is 0.0925. The highest BCUT2D eigenvalue weighted by Gasteiger charge is 2.11. The minimum Gasteiger partial charge on any atom is -0.451 e. The zero-order valence-corrected chi connectivity index (χ0v) is 10.7. The molecule has 5 heteroatoms. The van der Waals surface area contributed by atoms with Gasteiger partial charge in [-0.25, -0.2) is 0 Å². The fraction of sp³-hybridized carbons (Fsp3) is 0.250. The Morgan fingerprint density at radius 3 is 3.00 bits per heavy atom.